The van der Waals surface area contributed by atoms with E-state index in [1.165, 1.54) is 25.7 Å². The van der Waals surface area contributed by atoms with E-state index in [9.17, 15) is 15.0 Å². The van der Waals surface area contributed by atoms with Gasteiger partial charge in [0.2, 0.25) is 5.91 Å². The number of carbonyl (C=O) groups is 1. The molecule has 5 fully saturated rings. The average molecular weight is 474 g/mol. The van der Waals surface area contributed by atoms with Crippen molar-refractivity contribution < 1.29 is 15.0 Å². The molecular formula is C30H51NO3. The van der Waals surface area contributed by atoms with E-state index >= 15 is 0 Å². The van der Waals surface area contributed by atoms with Crippen LogP contribution in [-0.2, 0) is 4.79 Å². The van der Waals surface area contributed by atoms with Crippen LogP contribution >= 0.6 is 0 Å². The first-order chi connectivity index (χ1) is 16.1. The molecule has 0 unspecified atom stereocenters. The van der Waals surface area contributed by atoms with E-state index in [0.717, 1.165) is 69.9 Å². The maximum Gasteiger partial charge on any atom is 0.222 e. The first kappa shape index (κ1) is 25.1. The summed E-state index contributed by atoms with van der Waals surface area (Å²) >= 11 is 0. The summed E-state index contributed by atoms with van der Waals surface area (Å²) in [7, 11) is 0. The number of hydrogen-bond acceptors (Lipinski definition) is 3. The Morgan fingerprint density at radius 3 is 2.47 bits per heavy atom. The molecule has 1 saturated heterocycles. The summed E-state index contributed by atoms with van der Waals surface area (Å²) in [4.78, 5) is 15.0. The number of rotatable bonds is 4. The van der Waals surface area contributed by atoms with E-state index in [-0.39, 0.29) is 23.0 Å². The normalized spacial score (nSPS) is 48.1. The Balaban J connectivity index is 1.25. The first-order valence-corrected chi connectivity index (χ1v) is 14.8. The Labute approximate surface area is 208 Å². The molecule has 4 nitrogen and oxygen atoms in total. The van der Waals surface area contributed by atoms with E-state index in [0.29, 0.717) is 41.9 Å². The fourth-order valence-electron chi connectivity index (χ4n) is 10.3. The smallest absolute Gasteiger partial charge is 0.222 e. The second-order valence-electron chi connectivity index (χ2n) is 14.0. The van der Waals surface area contributed by atoms with Crippen LogP contribution in [0.25, 0.3) is 0 Å². The van der Waals surface area contributed by atoms with Gasteiger partial charge in [-0.2, -0.15) is 0 Å². The molecular weight excluding hydrogens is 422 g/mol. The number of nitrogens with zero attached hydrogens (tertiary/aromatic N) is 1. The van der Waals surface area contributed by atoms with Crippen LogP contribution in [0.2, 0.25) is 0 Å². The number of amides is 1. The highest BCUT2D eigenvalue weighted by atomic mass is 16.3. The Morgan fingerprint density at radius 1 is 1.00 bits per heavy atom. The SMILES string of the molecule is CC1CCN(C(=O)CC[C@@H](C)[C@H]2CC[C@H]3[C@@H]4CC[C@H]5C[C@@H](O)CC[C@]5(C)[C@H]4[C@@H](O)C[C@]23C)CC1. The largest absolute Gasteiger partial charge is 0.393 e. The third-order valence-electron chi connectivity index (χ3n) is 12.3. The maximum absolute atomic E-state index is 12.9. The number of hydrogen-bond donors (Lipinski definition) is 2. The highest BCUT2D eigenvalue weighted by Crippen LogP contribution is 2.68. The summed E-state index contributed by atoms with van der Waals surface area (Å²) in [5.41, 5.74) is 0.409. The highest BCUT2D eigenvalue weighted by molar-refractivity contribution is 5.76. The Kier molecular flexibility index (Phi) is 6.90. The molecule has 5 aliphatic rings. The summed E-state index contributed by atoms with van der Waals surface area (Å²) in [6.07, 6.45) is 12.6. The Bertz CT molecular complexity index is 747. The predicted molar refractivity (Wildman–Crippen MR) is 136 cm³/mol. The zero-order valence-corrected chi connectivity index (χ0v) is 22.3. The van der Waals surface area contributed by atoms with Crippen molar-refractivity contribution in [2.24, 2.45) is 52.3 Å². The van der Waals surface area contributed by atoms with Gasteiger partial charge in [-0.1, -0.05) is 27.7 Å². The Hall–Kier alpha value is -0.610. The fourth-order valence-corrected chi connectivity index (χ4v) is 10.3. The second-order valence-corrected chi connectivity index (χ2v) is 14.0. The lowest BCUT2D eigenvalue weighted by Crippen LogP contribution is -2.59. The molecule has 4 heteroatoms. The average Bonchev–Trinajstić information content (AvgIpc) is 3.14. The first-order valence-electron chi connectivity index (χ1n) is 14.8. The number of aliphatic hydroxyl groups excluding tert-OH is 2. The van der Waals surface area contributed by atoms with Crippen LogP contribution in [0.4, 0.5) is 0 Å². The minimum Gasteiger partial charge on any atom is -0.393 e. The van der Waals surface area contributed by atoms with Crippen molar-refractivity contribution in [3.8, 4) is 0 Å². The topological polar surface area (TPSA) is 60.8 Å². The minimum absolute atomic E-state index is 0.131. The van der Waals surface area contributed by atoms with E-state index in [1.807, 2.05) is 0 Å². The van der Waals surface area contributed by atoms with Crippen LogP contribution in [-0.4, -0.2) is 46.3 Å². The van der Waals surface area contributed by atoms with Crippen LogP contribution in [0.15, 0.2) is 0 Å². The summed E-state index contributed by atoms with van der Waals surface area (Å²) < 4.78 is 0. The maximum atomic E-state index is 12.9. The molecule has 2 N–H and O–H groups in total. The molecule has 4 aliphatic carbocycles. The van der Waals surface area contributed by atoms with E-state index < -0.39 is 0 Å². The van der Waals surface area contributed by atoms with Gasteiger partial charge in [-0.15, -0.1) is 0 Å². The third kappa shape index (κ3) is 4.17. The molecule has 4 saturated carbocycles. The van der Waals surface area contributed by atoms with Gasteiger partial charge >= 0.3 is 0 Å². The van der Waals surface area contributed by atoms with Gasteiger partial charge in [0.05, 0.1) is 12.2 Å². The van der Waals surface area contributed by atoms with Crippen molar-refractivity contribution in [2.45, 2.75) is 117 Å². The molecule has 5 rings (SSSR count). The zero-order chi connectivity index (χ0) is 24.3. The van der Waals surface area contributed by atoms with Crippen LogP contribution in [0.1, 0.15) is 105 Å². The van der Waals surface area contributed by atoms with Crippen molar-refractivity contribution in [1.29, 1.82) is 0 Å². The molecule has 0 radical (unpaired) electrons. The number of likely N-dealkylation sites (tertiary alicyclic amines) is 1. The fraction of sp³-hybridized carbons (Fsp3) is 0.967. The predicted octanol–water partition coefficient (Wildman–Crippen LogP) is 5.65. The molecule has 0 spiro atoms. The van der Waals surface area contributed by atoms with Crippen LogP contribution in [0.3, 0.4) is 0 Å². The monoisotopic (exact) mass is 473 g/mol. The van der Waals surface area contributed by atoms with Crippen molar-refractivity contribution >= 4 is 5.91 Å². The van der Waals surface area contributed by atoms with Crippen molar-refractivity contribution in [2.75, 3.05) is 13.1 Å². The quantitative estimate of drug-likeness (QED) is 0.554. The lowest BCUT2D eigenvalue weighted by atomic mass is 9.43. The summed E-state index contributed by atoms with van der Waals surface area (Å²) in [6.45, 7) is 11.5. The van der Waals surface area contributed by atoms with Gasteiger partial charge in [-0.3, -0.25) is 4.79 Å². The standard InChI is InChI=1S/C30H51NO3/c1-19-12-15-31(16-13-19)27(34)10-5-20(2)24-8-9-25-23-7-6-21-17-22(32)11-14-29(21,3)28(23)26(33)18-30(24,25)4/h19-26,28,32-33H,5-18H2,1-4H3/t20-,21+,22+,23+,24-,25+,26+,28-,29+,30-/m1/s1. The third-order valence-corrected chi connectivity index (χ3v) is 12.3. The molecule has 194 valence electrons. The van der Waals surface area contributed by atoms with Gasteiger partial charge in [-0.05, 0) is 123 Å². The van der Waals surface area contributed by atoms with Gasteiger partial charge in [0.15, 0.2) is 0 Å². The number of aliphatic hydroxyl groups is 2. The summed E-state index contributed by atoms with van der Waals surface area (Å²) in [6, 6.07) is 0. The molecule has 0 aromatic carbocycles. The minimum atomic E-state index is -0.209. The molecule has 34 heavy (non-hydrogen) atoms. The molecule has 0 aromatic heterocycles. The number of carbonyl (C=O) groups excluding carboxylic acids is 1. The number of piperidine rings is 1. The van der Waals surface area contributed by atoms with Gasteiger partial charge in [0.25, 0.3) is 0 Å². The van der Waals surface area contributed by atoms with Crippen molar-refractivity contribution in [3.05, 3.63) is 0 Å². The molecule has 10 atom stereocenters. The zero-order valence-electron chi connectivity index (χ0n) is 22.3. The molecule has 0 aromatic rings. The van der Waals surface area contributed by atoms with Gasteiger partial charge in [0.1, 0.15) is 0 Å². The van der Waals surface area contributed by atoms with Gasteiger partial charge in [0, 0.05) is 19.5 Å². The summed E-state index contributed by atoms with van der Waals surface area (Å²) in [5, 5.41) is 22.0. The van der Waals surface area contributed by atoms with E-state index in [1.54, 1.807) is 0 Å². The molecule has 1 amide bonds. The van der Waals surface area contributed by atoms with E-state index in [4.69, 9.17) is 0 Å². The molecule has 1 aliphatic heterocycles. The lowest BCUT2D eigenvalue weighted by Gasteiger charge is -2.62. The highest BCUT2D eigenvalue weighted by Gasteiger charge is 2.63. The van der Waals surface area contributed by atoms with Crippen LogP contribution in [0, 0.1) is 52.3 Å². The van der Waals surface area contributed by atoms with E-state index in [2.05, 4.69) is 32.6 Å². The second kappa shape index (κ2) is 9.36. The van der Waals surface area contributed by atoms with Crippen molar-refractivity contribution in [3.63, 3.8) is 0 Å². The lowest BCUT2D eigenvalue weighted by molar-refractivity contribution is -0.179. The van der Waals surface area contributed by atoms with Crippen molar-refractivity contribution in [1.82, 2.24) is 4.90 Å². The summed E-state index contributed by atoms with van der Waals surface area (Å²) in [5.74, 6) is 4.65. The van der Waals surface area contributed by atoms with Gasteiger partial charge in [-0.25, -0.2) is 0 Å². The number of fused-ring (bicyclic) bond motifs is 5. The molecule has 1 heterocycles. The molecule has 0 bridgehead atoms. The van der Waals surface area contributed by atoms with Gasteiger partial charge < -0.3 is 15.1 Å². The van der Waals surface area contributed by atoms with Crippen LogP contribution < -0.4 is 0 Å². The Morgan fingerprint density at radius 2 is 1.74 bits per heavy atom. The van der Waals surface area contributed by atoms with Crippen LogP contribution in [0.5, 0.6) is 0 Å².